The predicted octanol–water partition coefficient (Wildman–Crippen LogP) is 2.21. The van der Waals surface area contributed by atoms with Gasteiger partial charge in [-0.05, 0) is 18.2 Å². The van der Waals surface area contributed by atoms with Crippen molar-refractivity contribution in [3.8, 4) is 22.4 Å². The number of nitrogens with zero attached hydrogens (tertiary/aromatic N) is 2. The number of aromatic nitrogens is 1. The van der Waals surface area contributed by atoms with Crippen molar-refractivity contribution in [2.45, 2.75) is 0 Å². The van der Waals surface area contributed by atoms with Crippen molar-refractivity contribution >= 4 is 23.3 Å². The van der Waals surface area contributed by atoms with Gasteiger partial charge in [-0.3, -0.25) is 4.79 Å². The van der Waals surface area contributed by atoms with E-state index in [1.54, 1.807) is 18.6 Å². The summed E-state index contributed by atoms with van der Waals surface area (Å²) in [7, 11) is 1.60. The Balaban J connectivity index is 2.34. The van der Waals surface area contributed by atoms with Crippen LogP contribution in [0.4, 0.5) is 0 Å². The van der Waals surface area contributed by atoms with Gasteiger partial charge in [0.2, 0.25) is 0 Å². The third-order valence-corrected chi connectivity index (χ3v) is 3.43. The Labute approximate surface area is 119 Å². The molecule has 6 heteroatoms. The number of nitrogens with two attached hydrogens (primary N) is 1. The number of benzene rings is 1. The fourth-order valence-electron chi connectivity index (χ4n) is 1.55. The van der Waals surface area contributed by atoms with Crippen LogP contribution in [0.15, 0.2) is 35.2 Å². The average molecular weight is 285 g/mol. The predicted molar refractivity (Wildman–Crippen MR) is 76.9 cm³/mol. The van der Waals surface area contributed by atoms with Gasteiger partial charge in [0, 0.05) is 10.9 Å². The standard InChI is InChI=1S/C14H11N3O2S/c1-19-12-4-2-3-9(6-12)14-17-11(8-20-14)5-10(7-15)13(16)18/h2-6,8H,1H3,(H2,16,18). The van der Waals surface area contributed by atoms with Gasteiger partial charge in [0.1, 0.15) is 22.4 Å². The lowest BCUT2D eigenvalue weighted by Gasteiger charge is -2.00. The van der Waals surface area contributed by atoms with Gasteiger partial charge in [0.25, 0.3) is 5.91 Å². The van der Waals surface area contributed by atoms with Crippen LogP contribution in [0.25, 0.3) is 16.6 Å². The first-order valence-corrected chi connectivity index (χ1v) is 6.53. The first kappa shape index (κ1) is 13.8. The molecule has 1 aromatic carbocycles. The third-order valence-electron chi connectivity index (χ3n) is 2.52. The van der Waals surface area contributed by atoms with Crippen molar-refractivity contribution < 1.29 is 9.53 Å². The van der Waals surface area contributed by atoms with Crippen LogP contribution in [0.1, 0.15) is 5.69 Å². The molecule has 0 aliphatic carbocycles. The van der Waals surface area contributed by atoms with Gasteiger partial charge in [-0.25, -0.2) is 4.98 Å². The molecular weight excluding hydrogens is 274 g/mol. The van der Waals surface area contributed by atoms with E-state index < -0.39 is 5.91 Å². The maximum Gasteiger partial charge on any atom is 0.259 e. The second-order valence-corrected chi connectivity index (χ2v) is 4.70. The second kappa shape index (κ2) is 5.99. The average Bonchev–Trinajstić information content (AvgIpc) is 2.93. The molecular formula is C14H11N3O2S. The number of amides is 1. The number of primary amides is 1. The minimum Gasteiger partial charge on any atom is -0.497 e. The highest BCUT2D eigenvalue weighted by Gasteiger charge is 2.08. The van der Waals surface area contributed by atoms with Gasteiger partial charge < -0.3 is 10.5 Å². The molecule has 2 N–H and O–H groups in total. The van der Waals surface area contributed by atoms with Crippen LogP contribution in [0.2, 0.25) is 0 Å². The SMILES string of the molecule is COc1cccc(-c2nc(C=C(C#N)C(N)=O)cs2)c1. The summed E-state index contributed by atoms with van der Waals surface area (Å²) in [6, 6.07) is 9.24. The fraction of sp³-hybridized carbons (Fsp3) is 0.0714. The molecule has 1 amide bonds. The summed E-state index contributed by atoms with van der Waals surface area (Å²) in [6.45, 7) is 0. The van der Waals surface area contributed by atoms with Crippen molar-refractivity contribution in [3.05, 3.63) is 40.9 Å². The van der Waals surface area contributed by atoms with E-state index in [2.05, 4.69) is 4.98 Å². The van der Waals surface area contributed by atoms with E-state index in [1.807, 2.05) is 24.3 Å². The number of rotatable bonds is 4. The van der Waals surface area contributed by atoms with Gasteiger partial charge in [-0.15, -0.1) is 11.3 Å². The summed E-state index contributed by atoms with van der Waals surface area (Å²) in [5, 5.41) is 11.3. The van der Waals surface area contributed by atoms with Crippen molar-refractivity contribution in [2.24, 2.45) is 5.73 Å². The van der Waals surface area contributed by atoms with Gasteiger partial charge in [0.05, 0.1) is 12.8 Å². The van der Waals surface area contributed by atoms with Gasteiger partial charge >= 0.3 is 0 Å². The molecule has 1 heterocycles. The number of hydrogen-bond acceptors (Lipinski definition) is 5. The molecule has 0 unspecified atom stereocenters. The van der Waals surface area contributed by atoms with Gasteiger partial charge in [0.15, 0.2) is 0 Å². The van der Waals surface area contributed by atoms with E-state index in [1.165, 1.54) is 17.4 Å². The maximum absolute atomic E-state index is 11.0. The molecule has 0 fully saturated rings. The number of carbonyl (C=O) groups is 1. The van der Waals surface area contributed by atoms with Crippen LogP contribution >= 0.6 is 11.3 Å². The number of methoxy groups -OCH3 is 1. The van der Waals surface area contributed by atoms with Crippen LogP contribution < -0.4 is 10.5 Å². The topological polar surface area (TPSA) is 89.0 Å². The number of carbonyl (C=O) groups excluding carboxylic acids is 1. The summed E-state index contributed by atoms with van der Waals surface area (Å²) in [5.74, 6) is -0.0203. The smallest absolute Gasteiger partial charge is 0.259 e. The minimum absolute atomic E-state index is 0.118. The lowest BCUT2D eigenvalue weighted by molar-refractivity contribution is -0.114. The Morgan fingerprint density at radius 3 is 3.00 bits per heavy atom. The summed E-state index contributed by atoms with van der Waals surface area (Å²) in [6.07, 6.45) is 1.38. The van der Waals surface area contributed by atoms with Crippen molar-refractivity contribution in [3.63, 3.8) is 0 Å². The van der Waals surface area contributed by atoms with Crippen LogP contribution in [-0.4, -0.2) is 18.0 Å². The zero-order valence-electron chi connectivity index (χ0n) is 10.7. The number of ether oxygens (including phenoxy) is 1. The molecule has 0 aliphatic rings. The molecule has 0 radical (unpaired) electrons. The van der Waals surface area contributed by atoms with Crippen LogP contribution in [0, 0.1) is 11.3 Å². The maximum atomic E-state index is 11.0. The van der Waals surface area contributed by atoms with E-state index in [9.17, 15) is 4.79 Å². The Hall–Kier alpha value is -2.65. The molecule has 0 saturated heterocycles. The lowest BCUT2D eigenvalue weighted by Crippen LogP contribution is -2.12. The van der Waals surface area contributed by atoms with E-state index in [0.717, 1.165) is 16.3 Å². The Morgan fingerprint density at radius 2 is 2.35 bits per heavy atom. The molecule has 1 aromatic heterocycles. The lowest BCUT2D eigenvalue weighted by atomic mass is 10.2. The molecule has 5 nitrogen and oxygen atoms in total. The summed E-state index contributed by atoms with van der Waals surface area (Å²) in [4.78, 5) is 15.3. The number of hydrogen-bond donors (Lipinski definition) is 1. The molecule has 0 aliphatic heterocycles. The molecule has 20 heavy (non-hydrogen) atoms. The largest absolute Gasteiger partial charge is 0.497 e. The van der Waals surface area contributed by atoms with Crippen LogP contribution in [0.3, 0.4) is 0 Å². The normalized spacial score (nSPS) is 10.9. The van der Waals surface area contributed by atoms with Gasteiger partial charge in [-0.2, -0.15) is 5.26 Å². The van der Waals surface area contributed by atoms with Crippen LogP contribution in [-0.2, 0) is 4.79 Å². The van der Waals surface area contributed by atoms with Crippen LogP contribution in [0.5, 0.6) is 5.75 Å². The highest BCUT2D eigenvalue weighted by Crippen LogP contribution is 2.27. The van der Waals surface area contributed by atoms with Crippen molar-refractivity contribution in [1.29, 1.82) is 5.26 Å². The van der Waals surface area contributed by atoms with Crippen molar-refractivity contribution in [1.82, 2.24) is 4.98 Å². The molecule has 2 rings (SSSR count). The van der Waals surface area contributed by atoms with E-state index in [0.29, 0.717) is 5.69 Å². The molecule has 0 bridgehead atoms. The summed E-state index contributed by atoms with van der Waals surface area (Å²) in [5.41, 5.74) is 6.40. The zero-order chi connectivity index (χ0) is 14.5. The van der Waals surface area contributed by atoms with E-state index in [4.69, 9.17) is 15.7 Å². The van der Waals surface area contributed by atoms with Crippen molar-refractivity contribution in [2.75, 3.05) is 7.11 Å². The number of thiazole rings is 1. The minimum atomic E-state index is -0.761. The van der Waals surface area contributed by atoms with Gasteiger partial charge in [-0.1, -0.05) is 12.1 Å². The highest BCUT2D eigenvalue weighted by atomic mass is 32.1. The monoisotopic (exact) mass is 285 g/mol. The highest BCUT2D eigenvalue weighted by molar-refractivity contribution is 7.13. The Morgan fingerprint density at radius 1 is 1.55 bits per heavy atom. The summed E-state index contributed by atoms with van der Waals surface area (Å²) >= 11 is 1.41. The Bertz CT molecular complexity index is 713. The first-order valence-electron chi connectivity index (χ1n) is 5.65. The zero-order valence-corrected chi connectivity index (χ0v) is 11.5. The Kier molecular flexibility index (Phi) is 4.13. The second-order valence-electron chi connectivity index (χ2n) is 3.84. The first-order chi connectivity index (χ1) is 9.63. The molecule has 100 valence electrons. The molecule has 0 saturated carbocycles. The molecule has 0 atom stereocenters. The molecule has 0 spiro atoms. The quantitative estimate of drug-likeness (QED) is 0.689. The van der Waals surface area contributed by atoms with E-state index >= 15 is 0 Å². The molecule has 2 aromatic rings. The fourth-order valence-corrected chi connectivity index (χ4v) is 2.32. The number of nitriles is 1. The van der Waals surface area contributed by atoms with E-state index in [-0.39, 0.29) is 5.57 Å². The summed E-state index contributed by atoms with van der Waals surface area (Å²) < 4.78 is 5.16. The third kappa shape index (κ3) is 3.02.